The summed E-state index contributed by atoms with van der Waals surface area (Å²) in [5, 5.41) is 9.36. The lowest BCUT2D eigenvalue weighted by molar-refractivity contribution is 0.365. The van der Waals surface area contributed by atoms with Crippen LogP contribution in [0.4, 0.5) is 11.4 Å². The molecule has 3 aromatic rings. The highest BCUT2D eigenvalue weighted by atomic mass is 16.1. The molecule has 2 aliphatic carbocycles. The van der Waals surface area contributed by atoms with Gasteiger partial charge in [0.1, 0.15) is 17.3 Å². The maximum absolute atomic E-state index is 12.7. The highest BCUT2D eigenvalue weighted by molar-refractivity contribution is 5.88. The van der Waals surface area contributed by atoms with Crippen molar-refractivity contribution in [3.05, 3.63) is 64.1 Å². The number of anilines is 2. The first kappa shape index (κ1) is 22.5. The lowest BCUT2D eigenvalue weighted by Crippen LogP contribution is -2.44. The van der Waals surface area contributed by atoms with Gasteiger partial charge in [0.2, 0.25) is 0 Å². The maximum Gasteiger partial charge on any atom is 0.252 e. The first-order valence-electron chi connectivity index (χ1n) is 12.4. The largest absolute Gasteiger partial charge is 0.370 e. The van der Waals surface area contributed by atoms with Gasteiger partial charge in [-0.15, -0.1) is 0 Å². The van der Waals surface area contributed by atoms with Crippen LogP contribution in [0.15, 0.2) is 47.3 Å². The van der Waals surface area contributed by atoms with Crippen molar-refractivity contribution in [1.82, 2.24) is 9.55 Å². The van der Waals surface area contributed by atoms with E-state index in [-0.39, 0.29) is 5.56 Å². The Bertz CT molecular complexity index is 1290. The third-order valence-corrected chi connectivity index (χ3v) is 7.79. The van der Waals surface area contributed by atoms with E-state index in [2.05, 4.69) is 59.1 Å². The molecule has 5 rings (SSSR count). The fraction of sp³-hybridized carbons (Fsp3) is 0.464. The van der Waals surface area contributed by atoms with Crippen LogP contribution in [0.5, 0.6) is 0 Å². The zero-order chi connectivity index (χ0) is 23.8. The van der Waals surface area contributed by atoms with Gasteiger partial charge in [0.05, 0.1) is 11.2 Å². The number of para-hydroxylation sites is 1. The van der Waals surface area contributed by atoms with Crippen LogP contribution in [-0.2, 0) is 7.05 Å². The van der Waals surface area contributed by atoms with Crippen molar-refractivity contribution in [3.8, 4) is 6.07 Å². The molecular formula is C28H33N5O. The number of benzene rings is 1. The third-order valence-electron chi connectivity index (χ3n) is 7.79. The normalized spacial score (nSPS) is 20.2. The Kier molecular flexibility index (Phi) is 6.03. The van der Waals surface area contributed by atoms with Crippen LogP contribution in [0.2, 0.25) is 0 Å². The van der Waals surface area contributed by atoms with Gasteiger partial charge in [-0.2, -0.15) is 5.26 Å². The van der Waals surface area contributed by atoms with E-state index in [0.717, 1.165) is 54.9 Å². The predicted octanol–water partition coefficient (Wildman–Crippen LogP) is 4.78. The van der Waals surface area contributed by atoms with Gasteiger partial charge in [-0.25, -0.2) is 4.98 Å². The van der Waals surface area contributed by atoms with E-state index in [1.807, 2.05) is 6.07 Å². The molecule has 2 aromatic heterocycles. The molecule has 34 heavy (non-hydrogen) atoms. The Hall–Kier alpha value is -3.33. The standard InChI is InChI=1S/C28H33N5O/c1-19-6-4-5-7-24(19)33(18-20-8-9-20)23-13-11-22(12-14-23)31(2)26-16-27(34)32(3)25-15-10-21(17-29)30-28(25)26/h4-7,10,15-16,20,22-23H,8-9,11-14,18H2,1-3H3. The number of nitrogens with zero attached hydrogens (tertiary/aromatic N) is 5. The minimum Gasteiger partial charge on any atom is -0.370 e. The molecule has 176 valence electrons. The molecule has 0 bridgehead atoms. The molecule has 6 nitrogen and oxygen atoms in total. The molecular weight excluding hydrogens is 422 g/mol. The van der Waals surface area contributed by atoms with Gasteiger partial charge < -0.3 is 14.4 Å². The van der Waals surface area contributed by atoms with E-state index in [1.54, 1.807) is 23.7 Å². The monoisotopic (exact) mass is 455 g/mol. The summed E-state index contributed by atoms with van der Waals surface area (Å²) in [5.74, 6) is 0.840. The van der Waals surface area contributed by atoms with Crippen molar-refractivity contribution in [2.45, 2.75) is 57.5 Å². The molecule has 0 spiro atoms. The Morgan fingerprint density at radius 1 is 1.03 bits per heavy atom. The first-order valence-corrected chi connectivity index (χ1v) is 12.4. The van der Waals surface area contributed by atoms with Crippen LogP contribution >= 0.6 is 0 Å². The van der Waals surface area contributed by atoms with Gasteiger partial charge >= 0.3 is 0 Å². The second-order valence-corrected chi connectivity index (χ2v) is 10.1. The summed E-state index contributed by atoms with van der Waals surface area (Å²) in [6, 6.07) is 17.0. The number of fused-ring (bicyclic) bond motifs is 1. The van der Waals surface area contributed by atoms with Gasteiger partial charge in [-0.05, 0) is 75.1 Å². The fourth-order valence-electron chi connectivity index (χ4n) is 5.51. The summed E-state index contributed by atoms with van der Waals surface area (Å²) in [4.78, 5) is 22.2. The Balaban J connectivity index is 1.38. The van der Waals surface area contributed by atoms with Crippen molar-refractivity contribution in [3.63, 3.8) is 0 Å². The second-order valence-electron chi connectivity index (χ2n) is 10.1. The molecule has 0 amide bonds. The average molecular weight is 456 g/mol. The van der Waals surface area contributed by atoms with Crippen molar-refractivity contribution < 1.29 is 0 Å². The van der Waals surface area contributed by atoms with Crippen LogP contribution in [0, 0.1) is 24.2 Å². The lowest BCUT2D eigenvalue weighted by atomic mass is 9.88. The number of hydrogen-bond acceptors (Lipinski definition) is 5. The van der Waals surface area contributed by atoms with Gasteiger partial charge in [-0.1, -0.05) is 18.2 Å². The first-order chi connectivity index (χ1) is 16.5. The molecule has 2 fully saturated rings. The summed E-state index contributed by atoms with van der Waals surface area (Å²) in [5.41, 5.74) is 5.37. The molecule has 0 radical (unpaired) electrons. The van der Waals surface area contributed by atoms with Crippen molar-refractivity contribution in [2.75, 3.05) is 23.4 Å². The average Bonchev–Trinajstić information content (AvgIpc) is 3.69. The molecule has 0 aliphatic heterocycles. The van der Waals surface area contributed by atoms with Gasteiger partial charge in [0.15, 0.2) is 0 Å². The second kappa shape index (κ2) is 9.13. The maximum atomic E-state index is 12.7. The Labute approximate surface area is 201 Å². The molecule has 0 atom stereocenters. The number of aryl methyl sites for hydroxylation is 2. The minimum absolute atomic E-state index is 0.0512. The summed E-state index contributed by atoms with van der Waals surface area (Å²) in [7, 11) is 3.83. The predicted molar refractivity (Wildman–Crippen MR) is 137 cm³/mol. The van der Waals surface area contributed by atoms with Crippen LogP contribution in [0.1, 0.15) is 49.8 Å². The summed E-state index contributed by atoms with van der Waals surface area (Å²) < 4.78 is 1.61. The van der Waals surface area contributed by atoms with Crippen molar-refractivity contribution in [2.24, 2.45) is 13.0 Å². The zero-order valence-corrected chi connectivity index (χ0v) is 20.4. The molecule has 0 unspecified atom stereocenters. The van der Waals surface area contributed by atoms with Crippen LogP contribution in [0.3, 0.4) is 0 Å². The van der Waals surface area contributed by atoms with E-state index in [4.69, 9.17) is 0 Å². The Morgan fingerprint density at radius 2 is 1.74 bits per heavy atom. The van der Waals surface area contributed by atoms with E-state index >= 15 is 0 Å². The number of hydrogen-bond donors (Lipinski definition) is 0. The van der Waals surface area contributed by atoms with Gasteiger partial charge in [0.25, 0.3) is 5.56 Å². The van der Waals surface area contributed by atoms with E-state index in [9.17, 15) is 10.1 Å². The Morgan fingerprint density at radius 3 is 2.41 bits per heavy atom. The number of aromatic nitrogens is 2. The molecule has 2 saturated carbocycles. The minimum atomic E-state index is -0.0512. The summed E-state index contributed by atoms with van der Waals surface area (Å²) in [6.45, 7) is 3.38. The lowest BCUT2D eigenvalue weighted by Gasteiger charge is -2.42. The van der Waals surface area contributed by atoms with E-state index in [0.29, 0.717) is 17.8 Å². The molecule has 0 N–H and O–H groups in total. The topological polar surface area (TPSA) is 65.2 Å². The van der Waals surface area contributed by atoms with Crippen LogP contribution in [0.25, 0.3) is 11.0 Å². The fourth-order valence-corrected chi connectivity index (χ4v) is 5.51. The molecule has 6 heteroatoms. The zero-order valence-electron chi connectivity index (χ0n) is 20.4. The number of nitriles is 1. The molecule has 1 aromatic carbocycles. The van der Waals surface area contributed by atoms with Crippen molar-refractivity contribution >= 4 is 22.4 Å². The summed E-state index contributed by atoms with van der Waals surface area (Å²) >= 11 is 0. The third kappa shape index (κ3) is 4.27. The van der Waals surface area contributed by atoms with Gasteiger partial charge in [0, 0.05) is 44.5 Å². The van der Waals surface area contributed by atoms with E-state index < -0.39 is 0 Å². The highest BCUT2D eigenvalue weighted by Crippen LogP contribution is 2.37. The van der Waals surface area contributed by atoms with Gasteiger partial charge in [-0.3, -0.25) is 4.79 Å². The molecule has 2 aliphatic rings. The van der Waals surface area contributed by atoms with Crippen LogP contribution < -0.4 is 15.4 Å². The van der Waals surface area contributed by atoms with E-state index in [1.165, 1.54) is 24.1 Å². The van der Waals surface area contributed by atoms with Crippen LogP contribution in [-0.4, -0.2) is 35.2 Å². The quantitative estimate of drug-likeness (QED) is 0.535. The molecule has 2 heterocycles. The highest BCUT2D eigenvalue weighted by Gasteiger charge is 2.33. The molecule has 0 saturated heterocycles. The smallest absolute Gasteiger partial charge is 0.252 e. The number of pyridine rings is 2. The number of rotatable bonds is 6. The summed E-state index contributed by atoms with van der Waals surface area (Å²) in [6.07, 6.45) is 7.12. The SMILES string of the molecule is Cc1ccccc1N(CC1CC1)C1CCC(N(C)c2cc(=O)n(C)c3ccc(C#N)nc23)CC1. The van der Waals surface area contributed by atoms with Crippen molar-refractivity contribution in [1.29, 1.82) is 5.26 Å².